The fraction of sp³-hybridized carbons (Fsp3) is 0. The van der Waals surface area contributed by atoms with Crippen LogP contribution in [-0.4, -0.2) is 0 Å². The number of rotatable bonds is 6. The average molecular weight is 674 g/mol. The Labute approximate surface area is 309 Å². The second-order valence-corrected chi connectivity index (χ2v) is 13.7. The number of fused-ring (bicyclic) bond motifs is 7. The predicted molar refractivity (Wildman–Crippen MR) is 227 cm³/mol. The quantitative estimate of drug-likeness (QED) is 0.159. The van der Waals surface area contributed by atoms with E-state index in [1.54, 1.807) is 0 Å². The zero-order chi connectivity index (χ0) is 35.1. The highest BCUT2D eigenvalue weighted by Crippen LogP contribution is 2.49. The van der Waals surface area contributed by atoms with Crippen molar-refractivity contribution in [2.24, 2.45) is 0 Å². The van der Waals surface area contributed by atoms with Crippen LogP contribution < -0.4 is 4.90 Å². The molecule has 0 heterocycles. The van der Waals surface area contributed by atoms with Crippen molar-refractivity contribution in [3.8, 4) is 33.4 Å². The second kappa shape index (κ2) is 13.0. The number of anilines is 3. The van der Waals surface area contributed by atoms with Gasteiger partial charge in [0.1, 0.15) is 0 Å². The van der Waals surface area contributed by atoms with Crippen LogP contribution >= 0.6 is 0 Å². The van der Waals surface area contributed by atoms with E-state index in [0.717, 1.165) is 17.1 Å². The third-order valence-corrected chi connectivity index (χ3v) is 10.6. The van der Waals surface area contributed by atoms with Gasteiger partial charge in [0.2, 0.25) is 0 Å². The van der Waals surface area contributed by atoms with E-state index < -0.39 is 0 Å². The minimum absolute atomic E-state index is 1.11. The van der Waals surface area contributed by atoms with E-state index in [1.165, 1.54) is 76.5 Å². The van der Waals surface area contributed by atoms with Crippen molar-refractivity contribution in [2.45, 2.75) is 0 Å². The lowest BCUT2D eigenvalue weighted by Gasteiger charge is -2.26. The standard InChI is InChI=1S/C52H35N/c1-4-17-37(18-5-1)48-35-49(51-46-26-14-12-24-44(46)45-25-13-15-27-47(45)52(51)50(48)39-19-6-2-7-20-39)38-29-31-42(32-30-38)53(41-22-8-3-9-23-41)43-33-28-36-16-10-11-21-40(36)34-43/h1-35H. The highest BCUT2D eigenvalue weighted by Gasteiger charge is 2.22. The van der Waals surface area contributed by atoms with Crippen LogP contribution in [0.3, 0.4) is 0 Å². The summed E-state index contributed by atoms with van der Waals surface area (Å²) in [4.78, 5) is 2.35. The molecule has 0 fully saturated rings. The number of nitrogens with zero attached hydrogens (tertiary/aromatic N) is 1. The second-order valence-electron chi connectivity index (χ2n) is 13.7. The Morgan fingerprint density at radius 3 is 1.40 bits per heavy atom. The van der Waals surface area contributed by atoms with Gasteiger partial charge in [0.05, 0.1) is 0 Å². The van der Waals surface area contributed by atoms with Crippen LogP contribution in [0.25, 0.3) is 76.5 Å². The first-order valence-corrected chi connectivity index (χ1v) is 18.3. The van der Waals surface area contributed by atoms with Crippen LogP contribution in [0.15, 0.2) is 212 Å². The van der Waals surface area contributed by atoms with Gasteiger partial charge >= 0.3 is 0 Å². The first-order valence-electron chi connectivity index (χ1n) is 18.3. The largest absolute Gasteiger partial charge is 0.310 e. The van der Waals surface area contributed by atoms with Crippen LogP contribution in [0.4, 0.5) is 17.1 Å². The highest BCUT2D eigenvalue weighted by molar-refractivity contribution is 6.33. The fourth-order valence-electron chi connectivity index (χ4n) is 8.21. The zero-order valence-corrected chi connectivity index (χ0v) is 29.2. The van der Waals surface area contributed by atoms with Crippen LogP contribution in [0.1, 0.15) is 0 Å². The minimum Gasteiger partial charge on any atom is -0.310 e. The summed E-state index contributed by atoms with van der Waals surface area (Å²) in [5.41, 5.74) is 10.7. The van der Waals surface area contributed by atoms with Crippen LogP contribution in [-0.2, 0) is 0 Å². The summed E-state index contributed by atoms with van der Waals surface area (Å²) in [5, 5.41) is 10.1. The molecule has 53 heavy (non-hydrogen) atoms. The third kappa shape index (κ3) is 5.34. The molecule has 0 spiro atoms. The maximum Gasteiger partial charge on any atom is 0.0468 e. The van der Waals surface area contributed by atoms with E-state index in [0.29, 0.717) is 0 Å². The molecule has 1 heteroatoms. The molecule has 10 aromatic carbocycles. The molecule has 0 aliphatic rings. The van der Waals surface area contributed by atoms with Gasteiger partial charge in [0.25, 0.3) is 0 Å². The maximum absolute atomic E-state index is 2.44. The molecule has 0 bridgehead atoms. The Kier molecular flexibility index (Phi) is 7.55. The molecule has 0 aliphatic heterocycles. The lowest BCUT2D eigenvalue weighted by molar-refractivity contribution is 1.29. The van der Waals surface area contributed by atoms with E-state index in [1.807, 2.05) is 0 Å². The van der Waals surface area contributed by atoms with Crippen molar-refractivity contribution in [3.63, 3.8) is 0 Å². The summed E-state index contributed by atoms with van der Waals surface area (Å²) in [6.07, 6.45) is 0. The van der Waals surface area contributed by atoms with Crippen molar-refractivity contribution < 1.29 is 0 Å². The third-order valence-electron chi connectivity index (χ3n) is 10.6. The molecule has 0 radical (unpaired) electrons. The summed E-state index contributed by atoms with van der Waals surface area (Å²) in [7, 11) is 0. The zero-order valence-electron chi connectivity index (χ0n) is 29.2. The average Bonchev–Trinajstić information content (AvgIpc) is 3.24. The van der Waals surface area contributed by atoms with Crippen molar-refractivity contribution in [3.05, 3.63) is 212 Å². The minimum atomic E-state index is 1.11. The van der Waals surface area contributed by atoms with E-state index in [4.69, 9.17) is 0 Å². The molecule has 0 saturated heterocycles. The number of benzene rings is 10. The summed E-state index contributed by atoms with van der Waals surface area (Å²) >= 11 is 0. The lowest BCUT2D eigenvalue weighted by atomic mass is 9.81. The van der Waals surface area contributed by atoms with E-state index >= 15 is 0 Å². The van der Waals surface area contributed by atoms with Crippen molar-refractivity contribution in [1.29, 1.82) is 0 Å². The molecular formula is C52H35N. The topological polar surface area (TPSA) is 3.24 Å². The normalized spacial score (nSPS) is 11.4. The van der Waals surface area contributed by atoms with Crippen molar-refractivity contribution >= 4 is 60.2 Å². The molecule has 1 nitrogen and oxygen atoms in total. The van der Waals surface area contributed by atoms with Gasteiger partial charge in [-0.1, -0.05) is 170 Å². The SMILES string of the molecule is c1ccc(-c2cc(-c3ccc(N(c4ccccc4)c4ccc5ccccc5c4)cc3)c3c4ccccc4c4ccccc4c3c2-c2ccccc2)cc1. The highest BCUT2D eigenvalue weighted by atomic mass is 15.1. The number of hydrogen-bond donors (Lipinski definition) is 0. The first kappa shape index (κ1) is 30.8. The Hall–Kier alpha value is -6.96. The molecule has 10 rings (SSSR count). The monoisotopic (exact) mass is 673 g/mol. The predicted octanol–water partition coefficient (Wildman–Crippen LogP) is 14.8. The molecule has 248 valence electrons. The first-order chi connectivity index (χ1) is 26.3. The lowest BCUT2D eigenvalue weighted by Crippen LogP contribution is -2.09. The van der Waals surface area contributed by atoms with E-state index in [9.17, 15) is 0 Å². The van der Waals surface area contributed by atoms with Gasteiger partial charge in [-0.3, -0.25) is 0 Å². The molecule has 0 saturated carbocycles. The Morgan fingerprint density at radius 1 is 0.264 bits per heavy atom. The molecule has 0 N–H and O–H groups in total. The molecule has 0 aliphatic carbocycles. The smallest absolute Gasteiger partial charge is 0.0468 e. The summed E-state index contributed by atoms with van der Waals surface area (Å²) < 4.78 is 0. The Bertz CT molecular complexity index is 2910. The molecule has 0 unspecified atom stereocenters. The summed E-state index contributed by atoms with van der Waals surface area (Å²) in [6.45, 7) is 0. The molecular weight excluding hydrogens is 639 g/mol. The van der Waals surface area contributed by atoms with Gasteiger partial charge in [-0.05, 0) is 119 Å². The van der Waals surface area contributed by atoms with Crippen molar-refractivity contribution in [1.82, 2.24) is 0 Å². The van der Waals surface area contributed by atoms with Gasteiger partial charge in [0.15, 0.2) is 0 Å². The van der Waals surface area contributed by atoms with Gasteiger partial charge in [-0.25, -0.2) is 0 Å². The number of hydrogen-bond acceptors (Lipinski definition) is 1. The van der Waals surface area contributed by atoms with Crippen molar-refractivity contribution in [2.75, 3.05) is 4.90 Å². The fourth-order valence-corrected chi connectivity index (χ4v) is 8.21. The van der Waals surface area contributed by atoms with Crippen LogP contribution in [0.5, 0.6) is 0 Å². The summed E-state index contributed by atoms with van der Waals surface area (Å²) in [6, 6.07) is 77.2. The molecule has 0 amide bonds. The number of para-hydroxylation sites is 1. The Balaban J connectivity index is 1.26. The maximum atomic E-state index is 2.44. The molecule has 0 aromatic heterocycles. The van der Waals surface area contributed by atoms with Crippen LogP contribution in [0.2, 0.25) is 0 Å². The van der Waals surface area contributed by atoms with E-state index in [2.05, 4.69) is 217 Å². The van der Waals surface area contributed by atoms with Gasteiger partial charge in [-0.2, -0.15) is 0 Å². The summed E-state index contributed by atoms with van der Waals surface area (Å²) in [5.74, 6) is 0. The van der Waals surface area contributed by atoms with Gasteiger partial charge < -0.3 is 4.90 Å². The molecule has 0 atom stereocenters. The van der Waals surface area contributed by atoms with E-state index in [-0.39, 0.29) is 0 Å². The van der Waals surface area contributed by atoms with Gasteiger partial charge in [0, 0.05) is 17.1 Å². The van der Waals surface area contributed by atoms with Gasteiger partial charge in [-0.15, -0.1) is 0 Å². The van der Waals surface area contributed by atoms with Crippen LogP contribution in [0, 0.1) is 0 Å². The molecule has 10 aromatic rings. The Morgan fingerprint density at radius 2 is 0.736 bits per heavy atom.